The monoisotopic (exact) mass is 265 g/mol. The van der Waals surface area contributed by atoms with Gasteiger partial charge in [-0.05, 0) is 12.5 Å². The van der Waals surface area contributed by atoms with Crippen LogP contribution in [-0.4, -0.2) is 27.9 Å². The number of amides is 2. The van der Waals surface area contributed by atoms with Crippen LogP contribution in [0.15, 0.2) is 18.2 Å². The minimum atomic E-state index is -0.675. The first-order valence-corrected chi connectivity index (χ1v) is 5.55. The standard InChI is InChI=1S/C11H11N3O5/c15-9-3-1-6(14(18)19)5-8(9)13-11(17)7-2-4-10(16)12-7/h1,3,5,7,15H,2,4H2,(H,12,16)(H,13,17)/t7-/m0/s1. The van der Waals surface area contributed by atoms with Gasteiger partial charge in [-0.15, -0.1) is 0 Å². The minimum Gasteiger partial charge on any atom is -0.506 e. The minimum absolute atomic E-state index is 0.0552. The molecule has 0 bridgehead atoms. The Hall–Kier alpha value is -2.64. The Morgan fingerprint density at radius 2 is 2.26 bits per heavy atom. The third-order valence-electron chi connectivity index (χ3n) is 2.76. The van der Waals surface area contributed by atoms with Gasteiger partial charge in [-0.1, -0.05) is 0 Å². The molecule has 100 valence electrons. The fourth-order valence-corrected chi connectivity index (χ4v) is 1.77. The van der Waals surface area contributed by atoms with Crippen molar-refractivity contribution in [3.8, 4) is 5.75 Å². The summed E-state index contributed by atoms with van der Waals surface area (Å²) in [5.74, 6) is -1.01. The van der Waals surface area contributed by atoms with Crippen molar-refractivity contribution in [2.45, 2.75) is 18.9 Å². The molecule has 1 aliphatic rings. The second-order valence-electron chi connectivity index (χ2n) is 4.11. The van der Waals surface area contributed by atoms with E-state index in [4.69, 9.17) is 0 Å². The molecule has 8 nitrogen and oxygen atoms in total. The molecule has 1 fully saturated rings. The number of carbonyl (C=O) groups excluding carboxylic acids is 2. The molecule has 19 heavy (non-hydrogen) atoms. The van der Waals surface area contributed by atoms with Gasteiger partial charge in [-0.2, -0.15) is 0 Å². The van der Waals surface area contributed by atoms with Crippen LogP contribution in [0, 0.1) is 10.1 Å². The number of aromatic hydroxyl groups is 1. The summed E-state index contributed by atoms with van der Waals surface area (Å²) in [5, 5.41) is 25.0. The number of nitro benzene ring substituents is 1. The summed E-state index contributed by atoms with van der Waals surface area (Å²) in [4.78, 5) is 32.7. The summed E-state index contributed by atoms with van der Waals surface area (Å²) in [6.45, 7) is 0. The fourth-order valence-electron chi connectivity index (χ4n) is 1.77. The van der Waals surface area contributed by atoms with Gasteiger partial charge in [0.1, 0.15) is 11.8 Å². The van der Waals surface area contributed by atoms with E-state index in [0.29, 0.717) is 6.42 Å². The van der Waals surface area contributed by atoms with Gasteiger partial charge in [-0.3, -0.25) is 19.7 Å². The number of phenolic OH excluding ortho intramolecular Hbond substituents is 1. The zero-order chi connectivity index (χ0) is 14.0. The number of anilines is 1. The second kappa shape index (κ2) is 4.92. The largest absolute Gasteiger partial charge is 0.506 e. The van der Waals surface area contributed by atoms with Crippen LogP contribution in [0.25, 0.3) is 0 Å². The number of benzene rings is 1. The van der Waals surface area contributed by atoms with Crippen LogP contribution >= 0.6 is 0 Å². The molecule has 2 amide bonds. The van der Waals surface area contributed by atoms with Gasteiger partial charge >= 0.3 is 0 Å². The van der Waals surface area contributed by atoms with Gasteiger partial charge < -0.3 is 15.7 Å². The third kappa shape index (κ3) is 2.79. The Bertz CT molecular complexity index is 557. The highest BCUT2D eigenvalue weighted by Gasteiger charge is 2.27. The zero-order valence-electron chi connectivity index (χ0n) is 9.75. The van der Waals surface area contributed by atoms with Crippen LogP contribution in [0.3, 0.4) is 0 Å². The van der Waals surface area contributed by atoms with Crippen molar-refractivity contribution in [1.82, 2.24) is 5.32 Å². The smallest absolute Gasteiger partial charge is 0.271 e. The lowest BCUT2D eigenvalue weighted by molar-refractivity contribution is -0.384. The number of nitrogens with zero attached hydrogens (tertiary/aromatic N) is 1. The van der Waals surface area contributed by atoms with Crippen LogP contribution in [0.4, 0.5) is 11.4 Å². The van der Waals surface area contributed by atoms with E-state index in [1.807, 2.05) is 0 Å². The molecule has 2 rings (SSSR count). The summed E-state index contributed by atoms with van der Waals surface area (Å²) >= 11 is 0. The summed E-state index contributed by atoms with van der Waals surface area (Å²) in [7, 11) is 0. The SMILES string of the molecule is O=C1CC[C@@H](C(=O)Nc2cc([N+](=O)[O-])ccc2O)N1. The van der Waals surface area contributed by atoms with Crippen molar-refractivity contribution in [2.24, 2.45) is 0 Å². The molecule has 1 saturated heterocycles. The van der Waals surface area contributed by atoms with E-state index in [1.165, 1.54) is 0 Å². The third-order valence-corrected chi connectivity index (χ3v) is 2.76. The lowest BCUT2D eigenvalue weighted by Crippen LogP contribution is -2.37. The van der Waals surface area contributed by atoms with Crippen molar-refractivity contribution in [3.05, 3.63) is 28.3 Å². The topological polar surface area (TPSA) is 122 Å². The second-order valence-corrected chi connectivity index (χ2v) is 4.11. The maximum atomic E-state index is 11.8. The highest BCUT2D eigenvalue weighted by atomic mass is 16.6. The van der Waals surface area contributed by atoms with E-state index >= 15 is 0 Å². The Morgan fingerprint density at radius 1 is 1.53 bits per heavy atom. The van der Waals surface area contributed by atoms with E-state index in [2.05, 4.69) is 10.6 Å². The highest BCUT2D eigenvalue weighted by molar-refractivity contribution is 6.00. The maximum absolute atomic E-state index is 11.8. The lowest BCUT2D eigenvalue weighted by atomic mass is 10.2. The van der Waals surface area contributed by atoms with Crippen molar-refractivity contribution in [2.75, 3.05) is 5.32 Å². The highest BCUT2D eigenvalue weighted by Crippen LogP contribution is 2.28. The molecule has 0 saturated carbocycles. The van der Waals surface area contributed by atoms with Crippen LogP contribution in [0.2, 0.25) is 0 Å². The average Bonchev–Trinajstić information content (AvgIpc) is 2.78. The summed E-state index contributed by atoms with van der Waals surface area (Å²) in [6, 6.07) is 2.64. The number of hydrogen-bond donors (Lipinski definition) is 3. The summed E-state index contributed by atoms with van der Waals surface area (Å²) in [6.07, 6.45) is 0.624. The summed E-state index contributed by atoms with van der Waals surface area (Å²) in [5.41, 5.74) is -0.302. The van der Waals surface area contributed by atoms with Gasteiger partial charge in [0, 0.05) is 18.6 Å². The van der Waals surface area contributed by atoms with Gasteiger partial charge in [0.15, 0.2) is 0 Å². The van der Waals surface area contributed by atoms with Crippen LogP contribution < -0.4 is 10.6 Å². The number of carbonyl (C=O) groups is 2. The van der Waals surface area contributed by atoms with E-state index in [-0.39, 0.29) is 29.5 Å². The Morgan fingerprint density at radius 3 is 2.84 bits per heavy atom. The molecular weight excluding hydrogens is 254 g/mol. The van der Waals surface area contributed by atoms with Crippen molar-refractivity contribution in [1.29, 1.82) is 0 Å². The molecule has 3 N–H and O–H groups in total. The predicted molar refractivity (Wildman–Crippen MR) is 64.6 cm³/mol. The van der Waals surface area contributed by atoms with E-state index in [9.17, 15) is 24.8 Å². The Labute approximate surface area is 107 Å². The predicted octanol–water partition coefficient (Wildman–Crippen LogP) is 0.517. The number of hydrogen-bond acceptors (Lipinski definition) is 5. The van der Waals surface area contributed by atoms with Gasteiger partial charge in [-0.25, -0.2) is 0 Å². The maximum Gasteiger partial charge on any atom is 0.271 e. The quantitative estimate of drug-likeness (QED) is 0.417. The zero-order valence-corrected chi connectivity index (χ0v) is 9.75. The Kier molecular flexibility index (Phi) is 3.32. The van der Waals surface area contributed by atoms with Crippen molar-refractivity contribution < 1.29 is 19.6 Å². The first kappa shape index (κ1) is 12.8. The molecule has 0 unspecified atom stereocenters. The molecule has 1 aromatic rings. The number of non-ortho nitro benzene ring substituents is 1. The number of nitro groups is 1. The average molecular weight is 265 g/mol. The molecule has 1 atom stereocenters. The van der Waals surface area contributed by atoms with Crippen molar-refractivity contribution in [3.63, 3.8) is 0 Å². The van der Waals surface area contributed by atoms with E-state index < -0.39 is 16.9 Å². The Balaban J connectivity index is 2.14. The van der Waals surface area contributed by atoms with Crippen LogP contribution in [0.1, 0.15) is 12.8 Å². The van der Waals surface area contributed by atoms with E-state index in [0.717, 1.165) is 18.2 Å². The summed E-state index contributed by atoms with van der Waals surface area (Å²) < 4.78 is 0. The first-order chi connectivity index (χ1) is 8.97. The van der Waals surface area contributed by atoms with Crippen LogP contribution in [-0.2, 0) is 9.59 Å². The van der Waals surface area contributed by atoms with Crippen LogP contribution in [0.5, 0.6) is 5.75 Å². The van der Waals surface area contributed by atoms with Gasteiger partial charge in [0.2, 0.25) is 11.8 Å². The lowest BCUT2D eigenvalue weighted by Gasteiger charge is -2.11. The number of nitrogens with one attached hydrogen (secondary N) is 2. The van der Waals surface area contributed by atoms with Crippen molar-refractivity contribution >= 4 is 23.2 Å². The van der Waals surface area contributed by atoms with Gasteiger partial charge in [0.05, 0.1) is 10.6 Å². The molecule has 1 aromatic carbocycles. The molecule has 0 aliphatic carbocycles. The number of rotatable bonds is 3. The normalized spacial score (nSPS) is 17.9. The molecule has 1 heterocycles. The number of phenols is 1. The fraction of sp³-hybridized carbons (Fsp3) is 0.273. The molecule has 0 aromatic heterocycles. The molecule has 1 aliphatic heterocycles. The molecule has 0 radical (unpaired) electrons. The van der Waals surface area contributed by atoms with E-state index in [1.54, 1.807) is 0 Å². The van der Waals surface area contributed by atoms with Gasteiger partial charge in [0.25, 0.3) is 5.69 Å². The molecular formula is C11H11N3O5. The first-order valence-electron chi connectivity index (χ1n) is 5.55. The molecule has 0 spiro atoms. The molecule has 8 heteroatoms.